The molecular weight excluding hydrogens is 302 g/mol. The Balaban J connectivity index is 1.35. The van der Waals surface area contributed by atoms with Crippen LogP contribution in [0.4, 0.5) is 0 Å². The summed E-state index contributed by atoms with van der Waals surface area (Å²) in [7, 11) is 1.97. The molecule has 0 amide bonds. The Morgan fingerprint density at radius 1 is 1.17 bits per heavy atom. The fourth-order valence-corrected chi connectivity index (χ4v) is 3.29. The van der Waals surface area contributed by atoms with Crippen molar-refractivity contribution in [3.05, 3.63) is 54.2 Å². The van der Waals surface area contributed by atoms with Crippen molar-refractivity contribution in [1.29, 1.82) is 0 Å². The summed E-state index contributed by atoms with van der Waals surface area (Å²) in [6, 6.07) is 9.93. The van der Waals surface area contributed by atoms with Crippen molar-refractivity contribution in [3.63, 3.8) is 0 Å². The van der Waals surface area contributed by atoms with E-state index in [1.165, 1.54) is 5.56 Å². The molecule has 24 heavy (non-hydrogen) atoms. The normalized spacial score (nSPS) is 16.5. The first-order valence-corrected chi connectivity index (χ1v) is 8.37. The molecule has 0 spiro atoms. The minimum Gasteiger partial charge on any atom is -0.338 e. The Morgan fingerprint density at radius 3 is 2.67 bits per heavy atom. The molecular formula is C18H21N5O. The van der Waals surface area contributed by atoms with Crippen LogP contribution in [0, 0.1) is 0 Å². The lowest BCUT2D eigenvalue weighted by Crippen LogP contribution is -2.32. The molecule has 6 heteroatoms. The molecule has 4 rings (SSSR count). The van der Waals surface area contributed by atoms with Crippen LogP contribution in [0.25, 0.3) is 11.4 Å². The summed E-state index contributed by atoms with van der Waals surface area (Å²) in [6.45, 7) is 2.81. The highest BCUT2D eigenvalue weighted by Gasteiger charge is 2.23. The van der Waals surface area contributed by atoms with Crippen LogP contribution in [0.15, 0.2) is 47.2 Å². The van der Waals surface area contributed by atoms with Gasteiger partial charge in [-0.15, -0.1) is 0 Å². The highest BCUT2D eigenvalue weighted by molar-refractivity contribution is 5.53. The lowest BCUT2D eigenvalue weighted by atomic mass is 9.91. The monoisotopic (exact) mass is 323 g/mol. The minimum absolute atomic E-state index is 0.609. The summed E-state index contributed by atoms with van der Waals surface area (Å²) in [5.41, 5.74) is 2.34. The van der Waals surface area contributed by atoms with Crippen molar-refractivity contribution in [1.82, 2.24) is 24.8 Å². The summed E-state index contributed by atoms with van der Waals surface area (Å²) in [6.07, 6.45) is 6.41. The first-order chi connectivity index (χ1) is 11.8. The Bertz CT molecular complexity index is 787. The van der Waals surface area contributed by atoms with Gasteiger partial charge in [0.05, 0.1) is 12.7 Å². The molecule has 6 nitrogen and oxygen atoms in total. The van der Waals surface area contributed by atoms with Crippen LogP contribution < -0.4 is 0 Å². The molecule has 0 radical (unpaired) electrons. The molecule has 2 aromatic heterocycles. The van der Waals surface area contributed by atoms with Crippen molar-refractivity contribution < 1.29 is 4.52 Å². The van der Waals surface area contributed by atoms with Crippen LogP contribution >= 0.6 is 0 Å². The maximum atomic E-state index is 5.42. The van der Waals surface area contributed by atoms with E-state index in [0.29, 0.717) is 17.6 Å². The third kappa shape index (κ3) is 3.23. The molecule has 1 aromatic carbocycles. The maximum absolute atomic E-state index is 5.42. The van der Waals surface area contributed by atoms with E-state index in [-0.39, 0.29) is 0 Å². The smallest absolute Gasteiger partial charge is 0.241 e. The van der Waals surface area contributed by atoms with Gasteiger partial charge in [-0.3, -0.25) is 9.58 Å². The number of rotatable bonds is 4. The van der Waals surface area contributed by atoms with Crippen molar-refractivity contribution in [2.45, 2.75) is 25.3 Å². The number of nitrogens with zero attached hydrogens (tertiary/aromatic N) is 5. The van der Waals surface area contributed by atoms with Crippen LogP contribution in [0.5, 0.6) is 0 Å². The van der Waals surface area contributed by atoms with Gasteiger partial charge in [-0.2, -0.15) is 10.1 Å². The fourth-order valence-electron chi connectivity index (χ4n) is 3.29. The zero-order valence-corrected chi connectivity index (χ0v) is 13.8. The molecule has 1 aliphatic rings. The van der Waals surface area contributed by atoms with Gasteiger partial charge >= 0.3 is 0 Å². The van der Waals surface area contributed by atoms with Gasteiger partial charge in [0.1, 0.15) is 0 Å². The number of benzene rings is 1. The topological polar surface area (TPSA) is 60.0 Å². The quantitative estimate of drug-likeness (QED) is 0.739. The molecule has 3 aromatic rings. The van der Waals surface area contributed by atoms with E-state index in [1.807, 2.05) is 48.3 Å². The van der Waals surface area contributed by atoms with Gasteiger partial charge in [-0.05, 0) is 37.4 Å². The van der Waals surface area contributed by atoms with Crippen molar-refractivity contribution in [2.75, 3.05) is 13.1 Å². The van der Waals surface area contributed by atoms with Gasteiger partial charge in [0.2, 0.25) is 11.7 Å². The third-order valence-electron chi connectivity index (χ3n) is 4.64. The number of aryl methyl sites for hydroxylation is 1. The van der Waals surface area contributed by atoms with Gasteiger partial charge in [-0.1, -0.05) is 35.5 Å². The van der Waals surface area contributed by atoms with Crippen LogP contribution in [0.1, 0.15) is 30.2 Å². The Hall–Kier alpha value is -2.47. The summed E-state index contributed by atoms with van der Waals surface area (Å²) in [5, 5.41) is 8.37. The molecule has 0 bridgehead atoms. The first kappa shape index (κ1) is 15.1. The number of hydrogen-bond donors (Lipinski definition) is 0. The molecule has 1 fully saturated rings. The summed E-state index contributed by atoms with van der Waals surface area (Å²) in [4.78, 5) is 6.91. The van der Waals surface area contributed by atoms with Gasteiger partial charge < -0.3 is 4.52 Å². The molecule has 1 saturated heterocycles. The SMILES string of the molecule is Cn1cc(C2CCN(Cc3nc(-c4ccccc4)no3)CC2)cn1. The second-order valence-corrected chi connectivity index (χ2v) is 6.38. The Kier molecular flexibility index (Phi) is 4.13. The molecule has 0 atom stereocenters. The average molecular weight is 323 g/mol. The predicted molar refractivity (Wildman–Crippen MR) is 90.2 cm³/mol. The highest BCUT2D eigenvalue weighted by atomic mass is 16.5. The van der Waals surface area contributed by atoms with Crippen LogP contribution in [0.2, 0.25) is 0 Å². The van der Waals surface area contributed by atoms with Gasteiger partial charge in [0, 0.05) is 18.8 Å². The molecule has 124 valence electrons. The summed E-state index contributed by atoms with van der Waals surface area (Å²) in [5.74, 6) is 1.96. The van der Waals surface area contributed by atoms with E-state index in [9.17, 15) is 0 Å². The van der Waals surface area contributed by atoms with E-state index in [1.54, 1.807) is 0 Å². The average Bonchev–Trinajstić information content (AvgIpc) is 3.26. The molecule has 0 aliphatic carbocycles. The largest absolute Gasteiger partial charge is 0.338 e. The summed E-state index contributed by atoms with van der Waals surface area (Å²) >= 11 is 0. The first-order valence-electron chi connectivity index (χ1n) is 8.37. The van der Waals surface area contributed by atoms with Crippen molar-refractivity contribution in [2.24, 2.45) is 7.05 Å². The second kappa shape index (κ2) is 6.57. The third-order valence-corrected chi connectivity index (χ3v) is 4.64. The lowest BCUT2D eigenvalue weighted by Gasteiger charge is -2.30. The molecule has 3 heterocycles. The van der Waals surface area contributed by atoms with Crippen LogP contribution in [0.3, 0.4) is 0 Å². The van der Waals surface area contributed by atoms with Crippen LogP contribution in [-0.2, 0) is 13.6 Å². The molecule has 1 aliphatic heterocycles. The molecule has 0 saturated carbocycles. The predicted octanol–water partition coefficient (Wildman–Crippen LogP) is 2.85. The van der Waals surface area contributed by atoms with E-state index in [4.69, 9.17) is 4.52 Å². The maximum Gasteiger partial charge on any atom is 0.241 e. The summed E-state index contributed by atoms with van der Waals surface area (Å²) < 4.78 is 7.30. The number of likely N-dealkylation sites (tertiary alicyclic amines) is 1. The zero-order valence-electron chi connectivity index (χ0n) is 13.8. The van der Waals surface area contributed by atoms with E-state index in [0.717, 1.165) is 38.0 Å². The number of hydrogen-bond acceptors (Lipinski definition) is 5. The second-order valence-electron chi connectivity index (χ2n) is 6.38. The molecule has 0 N–H and O–H groups in total. The Morgan fingerprint density at radius 2 is 1.96 bits per heavy atom. The van der Waals surface area contributed by atoms with E-state index in [2.05, 4.69) is 26.3 Å². The fraction of sp³-hybridized carbons (Fsp3) is 0.389. The van der Waals surface area contributed by atoms with E-state index >= 15 is 0 Å². The van der Waals surface area contributed by atoms with Crippen LogP contribution in [-0.4, -0.2) is 37.9 Å². The molecule has 0 unspecified atom stereocenters. The standard InChI is InChI=1S/C18H21N5O/c1-22-12-16(11-19-22)14-7-9-23(10-8-14)13-17-20-18(21-24-17)15-5-3-2-4-6-15/h2-6,11-12,14H,7-10,13H2,1H3. The number of aromatic nitrogens is 4. The number of piperidine rings is 1. The van der Waals surface area contributed by atoms with E-state index < -0.39 is 0 Å². The highest BCUT2D eigenvalue weighted by Crippen LogP contribution is 2.28. The van der Waals surface area contributed by atoms with Crippen molar-refractivity contribution >= 4 is 0 Å². The van der Waals surface area contributed by atoms with Gasteiger partial charge in [-0.25, -0.2) is 0 Å². The van der Waals surface area contributed by atoms with Gasteiger partial charge in [0.15, 0.2) is 0 Å². The minimum atomic E-state index is 0.609. The zero-order chi connectivity index (χ0) is 16.4. The van der Waals surface area contributed by atoms with Crippen molar-refractivity contribution in [3.8, 4) is 11.4 Å². The lowest BCUT2D eigenvalue weighted by molar-refractivity contribution is 0.181. The Labute approximate surface area is 141 Å². The van der Waals surface area contributed by atoms with Gasteiger partial charge in [0.25, 0.3) is 0 Å².